The van der Waals surface area contributed by atoms with E-state index in [1.807, 2.05) is 0 Å². The van der Waals surface area contributed by atoms with E-state index < -0.39 is 7.82 Å². The Labute approximate surface area is 63.6 Å². The number of hydrogen-bond donors (Lipinski definition) is 0. The third kappa shape index (κ3) is 55.8. The number of rotatable bonds is 0. The van der Waals surface area contributed by atoms with E-state index in [1.54, 1.807) is 0 Å². The van der Waals surface area contributed by atoms with Crippen LogP contribution in [0.2, 0.25) is 0 Å². The Kier molecular flexibility index (Phi) is 5.79. The maximum absolute atomic E-state index is 8.55. The molecule has 0 unspecified atom stereocenters. The molecule has 0 saturated carbocycles. The summed E-state index contributed by atoms with van der Waals surface area (Å²) in [6.07, 6.45) is 0. The zero-order chi connectivity index (χ0) is 4.50. The van der Waals surface area contributed by atoms with Crippen molar-refractivity contribution in [2.75, 3.05) is 0 Å². The molecule has 0 aliphatic heterocycles. The van der Waals surface area contributed by atoms with Gasteiger partial charge in [-0.25, -0.2) is 0 Å². The molecule has 0 radical (unpaired) electrons. The molecule has 44 valence electrons. The zero-order valence-corrected chi connectivity index (χ0v) is 4.89. The van der Waals surface area contributed by atoms with Crippen molar-refractivity contribution in [3.05, 3.63) is 0 Å². The average molecular weight is 270 g/mol. The van der Waals surface area contributed by atoms with Crippen LogP contribution in [0, 0.1) is 36.9 Å². The normalized spacial score (nSPS) is 9.83. The molecule has 6 heavy (non-hydrogen) atoms. The third-order valence-electron chi connectivity index (χ3n) is 0. The van der Waals surface area contributed by atoms with Crippen molar-refractivity contribution in [3.63, 3.8) is 0 Å². The SMILES string of the molecule is O=P([O-])([O-])[O-].[Lu+3]. The minimum Gasteiger partial charge on any atom is -0.822 e. The van der Waals surface area contributed by atoms with Gasteiger partial charge >= 0.3 is 36.9 Å². The van der Waals surface area contributed by atoms with Crippen molar-refractivity contribution in [2.24, 2.45) is 0 Å². The predicted octanol–water partition coefficient (Wildman–Crippen LogP) is -2.82. The van der Waals surface area contributed by atoms with Crippen LogP contribution in [0.4, 0.5) is 0 Å². The van der Waals surface area contributed by atoms with Crippen molar-refractivity contribution in [1.82, 2.24) is 0 Å². The molecule has 0 fully saturated rings. The van der Waals surface area contributed by atoms with Gasteiger partial charge < -0.3 is 19.2 Å². The predicted molar refractivity (Wildman–Crippen MR) is 7.61 cm³/mol. The molecule has 0 saturated heterocycles. The van der Waals surface area contributed by atoms with Gasteiger partial charge in [-0.05, 0) is 0 Å². The van der Waals surface area contributed by atoms with Gasteiger partial charge in [0.2, 0.25) is 0 Å². The molecular weight excluding hydrogens is 270 g/mol. The summed E-state index contributed by atoms with van der Waals surface area (Å²) in [4.78, 5) is 25.6. The first-order valence-electron chi connectivity index (χ1n) is 0.730. The molecule has 0 spiro atoms. The molecule has 6 heteroatoms. The van der Waals surface area contributed by atoms with Crippen LogP contribution in [0.5, 0.6) is 0 Å². The molecule has 0 aromatic heterocycles. The van der Waals surface area contributed by atoms with Gasteiger partial charge in [-0.1, -0.05) is 0 Å². The van der Waals surface area contributed by atoms with Crippen LogP contribution in [-0.2, 0) is 4.57 Å². The molecule has 0 aliphatic rings. The Hall–Kier alpha value is 1.34. The van der Waals surface area contributed by atoms with E-state index in [0.717, 1.165) is 0 Å². The van der Waals surface area contributed by atoms with Crippen molar-refractivity contribution in [3.8, 4) is 0 Å². The topological polar surface area (TPSA) is 86.2 Å². The Morgan fingerprint density at radius 3 is 1.17 bits per heavy atom. The molecule has 0 aliphatic carbocycles. The van der Waals surface area contributed by atoms with Gasteiger partial charge in [0.1, 0.15) is 0 Å². The molecule has 0 N–H and O–H groups in total. The second-order valence-electron chi connectivity index (χ2n) is 0.447. The first kappa shape index (κ1) is 10.3. The van der Waals surface area contributed by atoms with E-state index in [0.29, 0.717) is 0 Å². The maximum atomic E-state index is 8.55. The Morgan fingerprint density at radius 1 is 1.17 bits per heavy atom. The van der Waals surface area contributed by atoms with Crippen LogP contribution in [0.25, 0.3) is 0 Å². The zero-order valence-electron chi connectivity index (χ0n) is 2.34. The minimum absolute atomic E-state index is 0. The quantitative estimate of drug-likeness (QED) is 0.444. The summed E-state index contributed by atoms with van der Waals surface area (Å²) in [5.41, 5.74) is 0. The summed E-state index contributed by atoms with van der Waals surface area (Å²) < 4.78 is 8.55. The van der Waals surface area contributed by atoms with Gasteiger partial charge in [-0.3, -0.25) is 0 Å². The van der Waals surface area contributed by atoms with Gasteiger partial charge in [0.15, 0.2) is 0 Å². The molecule has 0 heterocycles. The fourth-order valence-corrected chi connectivity index (χ4v) is 0. The van der Waals surface area contributed by atoms with E-state index >= 15 is 0 Å². The van der Waals surface area contributed by atoms with Crippen molar-refractivity contribution in [1.29, 1.82) is 0 Å². The van der Waals surface area contributed by atoms with Gasteiger partial charge in [-0.15, -0.1) is 0 Å². The van der Waals surface area contributed by atoms with Crippen LogP contribution in [0.15, 0.2) is 0 Å². The molecule has 0 bridgehead atoms. The van der Waals surface area contributed by atoms with E-state index in [1.165, 1.54) is 0 Å². The Bertz CT molecular complexity index is 53.7. The average Bonchev–Trinajstić information content (AvgIpc) is 0.722. The van der Waals surface area contributed by atoms with Crippen LogP contribution >= 0.6 is 7.82 Å². The molecule has 0 aromatic rings. The number of phosphoric acid groups is 1. The van der Waals surface area contributed by atoms with Crippen LogP contribution in [-0.4, -0.2) is 0 Å². The summed E-state index contributed by atoms with van der Waals surface area (Å²) >= 11 is 0. The second kappa shape index (κ2) is 3.36. The molecular formula is LuO4P. The first-order chi connectivity index (χ1) is 2.00. The Balaban J connectivity index is 0. The van der Waals surface area contributed by atoms with E-state index in [-0.39, 0.29) is 36.9 Å². The Morgan fingerprint density at radius 2 is 1.17 bits per heavy atom. The van der Waals surface area contributed by atoms with Crippen LogP contribution in [0.3, 0.4) is 0 Å². The van der Waals surface area contributed by atoms with Crippen molar-refractivity contribution < 1.29 is 56.1 Å². The maximum Gasteiger partial charge on any atom is 3.00 e. The summed E-state index contributed by atoms with van der Waals surface area (Å²) in [5, 5.41) is 0. The molecule has 0 aromatic carbocycles. The fourth-order valence-electron chi connectivity index (χ4n) is 0. The van der Waals surface area contributed by atoms with E-state index in [9.17, 15) is 0 Å². The largest absolute Gasteiger partial charge is 3.00 e. The van der Waals surface area contributed by atoms with Crippen molar-refractivity contribution >= 4 is 7.82 Å². The first-order valence-corrected chi connectivity index (χ1v) is 2.19. The summed E-state index contributed by atoms with van der Waals surface area (Å²) in [5.74, 6) is 0. The second-order valence-corrected chi connectivity index (χ2v) is 1.34. The minimum atomic E-state index is -5.39. The summed E-state index contributed by atoms with van der Waals surface area (Å²) in [6, 6.07) is 0. The fraction of sp³-hybridized carbons (Fsp3) is 0. The molecule has 0 atom stereocenters. The molecule has 4 nitrogen and oxygen atoms in total. The molecule has 0 amide bonds. The molecule has 0 rings (SSSR count). The van der Waals surface area contributed by atoms with Gasteiger partial charge in [0, 0.05) is 0 Å². The monoisotopic (exact) mass is 270 g/mol. The van der Waals surface area contributed by atoms with Crippen LogP contribution < -0.4 is 14.7 Å². The smallest absolute Gasteiger partial charge is 0.822 e. The van der Waals surface area contributed by atoms with Gasteiger partial charge in [-0.2, -0.15) is 7.82 Å². The standard InChI is InChI=1S/Lu.H3O4P/c;1-5(2,3)4/h;(H3,1,2,3,4)/q+3;/p-3. The summed E-state index contributed by atoms with van der Waals surface area (Å²) in [6.45, 7) is 0. The van der Waals surface area contributed by atoms with E-state index in [2.05, 4.69) is 0 Å². The van der Waals surface area contributed by atoms with Crippen LogP contribution in [0.1, 0.15) is 0 Å². The summed E-state index contributed by atoms with van der Waals surface area (Å²) in [7, 11) is -5.39. The van der Waals surface area contributed by atoms with Crippen molar-refractivity contribution in [2.45, 2.75) is 0 Å². The van der Waals surface area contributed by atoms with Gasteiger partial charge in [0.25, 0.3) is 0 Å². The van der Waals surface area contributed by atoms with Gasteiger partial charge in [0.05, 0.1) is 0 Å². The third-order valence-corrected chi connectivity index (χ3v) is 0. The van der Waals surface area contributed by atoms with E-state index in [4.69, 9.17) is 19.2 Å². The number of hydrogen-bond acceptors (Lipinski definition) is 4.